The molecule has 7 aromatic rings. The molecule has 233 valence electrons. The monoisotopic (exact) mass is 1150 g/mol. The van der Waals surface area contributed by atoms with Crippen LogP contribution in [0.3, 0.4) is 0 Å². The number of hydrogen-bond donors (Lipinski definition) is 0. The van der Waals surface area contributed by atoms with Crippen molar-refractivity contribution >= 4 is 44.1 Å². The molecule has 4 heterocycles. The molecule has 46 heavy (non-hydrogen) atoms. The van der Waals surface area contributed by atoms with E-state index in [0.29, 0.717) is 0 Å². The average molecular weight is 1150 g/mol. The molecule has 3 nitrogen and oxygen atoms in total. The maximum absolute atomic E-state index is 4.45. The van der Waals surface area contributed by atoms with E-state index in [0.717, 1.165) is 44.9 Å². The Kier molecular flexibility index (Phi) is 15.5. The SMILES string of the molecule is C1=CCC=NC=1c1[c-]c2ccccc2s1.[Ir].[Ir].[Ir].[c-]1ccccc1-c1ccccn1.[c-]1ccccc1-c1nccc2ccccc12. The third-order valence-electron chi connectivity index (χ3n) is 6.53. The van der Waals surface area contributed by atoms with Crippen LogP contribution in [0.25, 0.3) is 49.1 Å². The van der Waals surface area contributed by atoms with Gasteiger partial charge >= 0.3 is 0 Å². The third kappa shape index (κ3) is 9.77. The van der Waals surface area contributed by atoms with Crippen LogP contribution in [0.15, 0.2) is 151 Å². The molecule has 0 saturated heterocycles. The smallest absolute Gasteiger partial charge is 0.0467 e. The van der Waals surface area contributed by atoms with E-state index in [1.54, 1.807) is 17.5 Å². The third-order valence-corrected chi connectivity index (χ3v) is 7.61. The molecule has 0 fully saturated rings. The van der Waals surface area contributed by atoms with E-state index < -0.39 is 0 Å². The summed E-state index contributed by atoms with van der Waals surface area (Å²) in [7, 11) is 0. The van der Waals surface area contributed by atoms with Crippen molar-refractivity contribution in [3.05, 3.63) is 169 Å². The maximum Gasteiger partial charge on any atom is 0.0467 e. The Labute approximate surface area is 314 Å². The van der Waals surface area contributed by atoms with Crippen LogP contribution in [0.1, 0.15) is 11.3 Å². The molecule has 0 bridgehead atoms. The van der Waals surface area contributed by atoms with E-state index >= 15 is 0 Å². The molecule has 0 atom stereocenters. The van der Waals surface area contributed by atoms with Gasteiger partial charge in [-0.05, 0) is 56.2 Å². The van der Waals surface area contributed by atoms with Crippen LogP contribution in [-0.4, -0.2) is 16.2 Å². The van der Waals surface area contributed by atoms with Crippen LogP contribution < -0.4 is 0 Å². The van der Waals surface area contributed by atoms with Gasteiger partial charge in [0.1, 0.15) is 0 Å². The van der Waals surface area contributed by atoms with Gasteiger partial charge in [0.05, 0.1) is 0 Å². The van der Waals surface area contributed by atoms with Crippen molar-refractivity contribution in [1.29, 1.82) is 0 Å². The van der Waals surface area contributed by atoms with Crippen LogP contribution in [0, 0.1) is 18.2 Å². The summed E-state index contributed by atoms with van der Waals surface area (Å²) in [6.45, 7) is 0. The zero-order chi connectivity index (χ0) is 29.1. The second kappa shape index (κ2) is 19.3. The topological polar surface area (TPSA) is 38.1 Å². The van der Waals surface area contributed by atoms with Gasteiger partial charge in [0.15, 0.2) is 0 Å². The molecule has 8 rings (SSSR count). The van der Waals surface area contributed by atoms with E-state index in [4.69, 9.17) is 0 Å². The van der Waals surface area contributed by atoms with Crippen molar-refractivity contribution in [1.82, 2.24) is 9.97 Å². The summed E-state index contributed by atoms with van der Waals surface area (Å²) in [6.07, 6.45) is 8.42. The zero-order valence-corrected chi connectivity index (χ0v) is 32.3. The summed E-state index contributed by atoms with van der Waals surface area (Å²) in [4.78, 5) is 14.1. The Morgan fingerprint density at radius 3 is 2.07 bits per heavy atom. The van der Waals surface area contributed by atoms with Gasteiger partial charge in [-0.1, -0.05) is 48.5 Å². The minimum Gasteiger partial charge on any atom is -0.305 e. The summed E-state index contributed by atoms with van der Waals surface area (Å²) >= 11 is 1.71. The number of pyridine rings is 2. The molecule has 4 aromatic carbocycles. The van der Waals surface area contributed by atoms with E-state index in [2.05, 4.69) is 63.2 Å². The molecule has 0 spiro atoms. The van der Waals surface area contributed by atoms with Gasteiger partial charge in [-0.15, -0.1) is 101 Å². The first-order valence-corrected chi connectivity index (χ1v) is 14.7. The van der Waals surface area contributed by atoms with E-state index in [1.165, 1.54) is 15.5 Å². The maximum atomic E-state index is 4.45. The Hall–Kier alpha value is -3.46. The van der Waals surface area contributed by atoms with Crippen molar-refractivity contribution in [2.75, 3.05) is 0 Å². The van der Waals surface area contributed by atoms with Gasteiger partial charge < -0.3 is 9.97 Å². The number of allylic oxidation sites excluding steroid dienone is 1. The van der Waals surface area contributed by atoms with E-state index in [-0.39, 0.29) is 60.3 Å². The summed E-state index contributed by atoms with van der Waals surface area (Å²) < 4.78 is 1.25. The summed E-state index contributed by atoms with van der Waals surface area (Å²) in [5, 5.41) is 3.55. The van der Waals surface area contributed by atoms with Crippen molar-refractivity contribution < 1.29 is 60.3 Å². The summed E-state index contributed by atoms with van der Waals surface area (Å²) in [5.41, 5.74) is 8.12. The van der Waals surface area contributed by atoms with Gasteiger partial charge in [-0.3, -0.25) is 4.99 Å². The Morgan fingerprint density at radius 1 is 0.652 bits per heavy atom. The van der Waals surface area contributed by atoms with Crippen molar-refractivity contribution in [2.24, 2.45) is 4.99 Å². The molecule has 7 heteroatoms. The molecule has 0 saturated carbocycles. The second-order valence-electron chi connectivity index (χ2n) is 9.44. The number of fused-ring (bicyclic) bond motifs is 2. The molecule has 1 aliphatic rings. The Balaban J connectivity index is 0.000000184. The summed E-state index contributed by atoms with van der Waals surface area (Å²) in [5.74, 6) is 0. The molecular weight excluding hydrogens is 1120 g/mol. The molecular formula is C39H26Ir3N3S-3. The number of hydrogen-bond acceptors (Lipinski definition) is 4. The largest absolute Gasteiger partial charge is 0.305 e. The molecule has 3 radical (unpaired) electrons. The number of rotatable bonds is 3. The van der Waals surface area contributed by atoms with Crippen LogP contribution in [-0.2, 0) is 60.3 Å². The van der Waals surface area contributed by atoms with Crippen molar-refractivity contribution in [3.63, 3.8) is 0 Å². The average Bonchev–Trinajstić information content (AvgIpc) is 3.55. The Bertz CT molecular complexity index is 1960. The standard InChI is InChI=1S/C15H10N.C13H8NS.C11H8N.3Ir/c1-2-7-13(8-3-1)15-14-9-5-4-6-12(14)10-11-16-15;1-2-7-12-10(5-1)9-13(15-12)11-6-3-4-8-14-11;1-2-6-10(7-3-1)11-8-4-5-9-12-11;;;/h1-7,9-11H;1-3,5,7-8H,4H2;1-6,8-9H;;;/q3*-1;;;. The zero-order valence-electron chi connectivity index (χ0n) is 24.3. The van der Waals surface area contributed by atoms with Crippen LogP contribution in [0.4, 0.5) is 0 Å². The van der Waals surface area contributed by atoms with Gasteiger partial charge in [0.2, 0.25) is 0 Å². The van der Waals surface area contributed by atoms with E-state index in [1.807, 2.05) is 116 Å². The van der Waals surface area contributed by atoms with Crippen molar-refractivity contribution in [2.45, 2.75) is 6.42 Å². The van der Waals surface area contributed by atoms with Gasteiger partial charge in [0, 0.05) is 84.8 Å². The number of benzene rings is 4. The fourth-order valence-corrected chi connectivity index (χ4v) is 5.45. The molecule has 1 aliphatic heterocycles. The number of aliphatic imine (C=N–C) groups is 1. The quantitative estimate of drug-likeness (QED) is 0.131. The first kappa shape index (κ1) is 37.0. The number of aromatic nitrogens is 2. The van der Waals surface area contributed by atoms with Crippen molar-refractivity contribution in [3.8, 4) is 22.5 Å². The van der Waals surface area contributed by atoms with Crippen LogP contribution in [0.2, 0.25) is 0 Å². The summed E-state index contributed by atoms with van der Waals surface area (Å²) in [6, 6.07) is 49.9. The minimum atomic E-state index is 0. The first-order valence-electron chi connectivity index (χ1n) is 13.9. The fourth-order valence-electron chi connectivity index (χ4n) is 4.49. The normalized spacial score (nSPS) is 10.9. The van der Waals surface area contributed by atoms with E-state index in [9.17, 15) is 0 Å². The van der Waals surface area contributed by atoms with Crippen LogP contribution >= 0.6 is 11.3 Å². The predicted molar refractivity (Wildman–Crippen MR) is 180 cm³/mol. The first-order chi connectivity index (χ1) is 21.3. The van der Waals surface area contributed by atoms with Crippen LogP contribution in [0.5, 0.6) is 0 Å². The molecule has 0 amide bonds. The minimum absolute atomic E-state index is 0. The molecule has 0 N–H and O–H groups in total. The van der Waals surface area contributed by atoms with Gasteiger partial charge in [-0.2, -0.15) is 0 Å². The molecule has 0 unspecified atom stereocenters. The second-order valence-corrected chi connectivity index (χ2v) is 10.5. The Morgan fingerprint density at radius 2 is 1.37 bits per heavy atom. The predicted octanol–water partition coefficient (Wildman–Crippen LogP) is 9.92. The van der Waals surface area contributed by atoms with Gasteiger partial charge in [-0.25, -0.2) is 11.3 Å². The number of nitrogens with zero attached hydrogens (tertiary/aromatic N) is 3. The fraction of sp³-hybridized carbons (Fsp3) is 0.0256. The number of thiophene rings is 1. The van der Waals surface area contributed by atoms with Gasteiger partial charge in [0.25, 0.3) is 0 Å². The molecule has 0 aliphatic carbocycles. The molecule has 3 aromatic heterocycles.